The fourth-order valence-electron chi connectivity index (χ4n) is 4.04. The number of aryl methyl sites for hydroxylation is 1. The molecule has 0 aliphatic rings. The van der Waals surface area contributed by atoms with Gasteiger partial charge >= 0.3 is 0 Å². The van der Waals surface area contributed by atoms with Gasteiger partial charge in [-0.2, -0.15) is 9.78 Å². The monoisotopic (exact) mass is 464 g/mol. The first-order valence-corrected chi connectivity index (χ1v) is 11.0. The standard InChI is InChI=1S/C26H17ClN6O/c1-16-29-24-22(26(34)32(16)19-7-3-2-4-8-19)23-25(31-21-10-6-5-9-20(21)30-23)33(24)28-15-17-11-13-18(27)14-12-17/h2-15H,1H3/b28-15-. The maximum Gasteiger partial charge on any atom is 0.269 e. The molecule has 0 radical (unpaired) electrons. The summed E-state index contributed by atoms with van der Waals surface area (Å²) in [6.07, 6.45) is 1.69. The minimum atomic E-state index is -0.219. The van der Waals surface area contributed by atoms with Crippen LogP contribution >= 0.6 is 11.6 Å². The summed E-state index contributed by atoms with van der Waals surface area (Å²) in [7, 11) is 0. The SMILES string of the molecule is Cc1nc2c(c(=O)n1-c1ccccc1)c1nc3ccccc3nc1n2/N=C\c1ccc(Cl)cc1. The Balaban J connectivity index is 1.70. The third-order valence-electron chi connectivity index (χ3n) is 5.63. The van der Waals surface area contributed by atoms with Crippen molar-refractivity contribution in [2.45, 2.75) is 6.92 Å². The Kier molecular flexibility index (Phi) is 4.71. The van der Waals surface area contributed by atoms with E-state index in [4.69, 9.17) is 26.6 Å². The van der Waals surface area contributed by atoms with Crippen molar-refractivity contribution in [2.24, 2.45) is 5.10 Å². The van der Waals surface area contributed by atoms with Gasteiger partial charge in [0, 0.05) is 5.02 Å². The molecule has 6 aromatic rings. The van der Waals surface area contributed by atoms with Crippen LogP contribution in [0.3, 0.4) is 0 Å². The molecule has 7 nitrogen and oxygen atoms in total. The van der Waals surface area contributed by atoms with Crippen LogP contribution in [0.2, 0.25) is 5.02 Å². The van der Waals surface area contributed by atoms with Gasteiger partial charge < -0.3 is 0 Å². The van der Waals surface area contributed by atoms with Crippen LogP contribution in [0.15, 0.2) is 88.8 Å². The van der Waals surface area contributed by atoms with Crippen molar-refractivity contribution in [3.8, 4) is 5.69 Å². The van der Waals surface area contributed by atoms with Crippen molar-refractivity contribution in [2.75, 3.05) is 0 Å². The van der Waals surface area contributed by atoms with E-state index in [1.165, 1.54) is 0 Å². The summed E-state index contributed by atoms with van der Waals surface area (Å²) in [6, 6.07) is 24.3. The number of fused-ring (bicyclic) bond motifs is 4. The van der Waals surface area contributed by atoms with Crippen molar-refractivity contribution in [1.29, 1.82) is 0 Å². The predicted molar refractivity (Wildman–Crippen MR) is 135 cm³/mol. The fourth-order valence-corrected chi connectivity index (χ4v) is 4.17. The lowest BCUT2D eigenvalue weighted by Gasteiger charge is -2.09. The van der Waals surface area contributed by atoms with Gasteiger partial charge in [-0.05, 0) is 48.9 Å². The molecular formula is C26H17ClN6O. The maximum atomic E-state index is 13.8. The van der Waals surface area contributed by atoms with Gasteiger partial charge in [-0.3, -0.25) is 9.36 Å². The van der Waals surface area contributed by atoms with Crippen molar-refractivity contribution in [3.05, 3.63) is 106 Å². The van der Waals surface area contributed by atoms with Gasteiger partial charge in [-0.15, -0.1) is 0 Å². The van der Waals surface area contributed by atoms with Crippen LogP contribution in [0, 0.1) is 6.92 Å². The van der Waals surface area contributed by atoms with E-state index < -0.39 is 0 Å². The molecular weight excluding hydrogens is 448 g/mol. The van der Waals surface area contributed by atoms with Crippen LogP contribution < -0.4 is 5.56 Å². The summed E-state index contributed by atoms with van der Waals surface area (Å²) in [5, 5.41) is 5.66. The predicted octanol–water partition coefficient (Wildman–Crippen LogP) is 5.13. The summed E-state index contributed by atoms with van der Waals surface area (Å²) in [5.74, 6) is 0.541. The van der Waals surface area contributed by atoms with Gasteiger partial charge in [0.15, 0.2) is 11.3 Å². The Labute approximate surface area is 198 Å². The second kappa shape index (κ2) is 7.90. The molecule has 0 N–H and O–H groups in total. The van der Waals surface area contributed by atoms with E-state index in [0.717, 1.165) is 11.3 Å². The number of halogens is 1. The molecule has 0 bridgehead atoms. The molecule has 3 aromatic carbocycles. The first kappa shape index (κ1) is 20.3. The Hall–Kier alpha value is -4.36. The number of nitrogens with zero attached hydrogens (tertiary/aromatic N) is 6. The summed E-state index contributed by atoms with van der Waals surface area (Å²) >= 11 is 6.01. The van der Waals surface area contributed by atoms with E-state index in [9.17, 15) is 4.79 Å². The highest BCUT2D eigenvalue weighted by Crippen LogP contribution is 2.26. The van der Waals surface area contributed by atoms with Crippen LogP contribution in [-0.2, 0) is 0 Å². The molecule has 3 heterocycles. The molecule has 0 unspecified atom stereocenters. The van der Waals surface area contributed by atoms with E-state index in [1.807, 2.05) is 66.7 Å². The van der Waals surface area contributed by atoms with Gasteiger partial charge in [0.05, 0.1) is 22.9 Å². The van der Waals surface area contributed by atoms with Crippen molar-refractivity contribution in [3.63, 3.8) is 0 Å². The molecule has 0 fully saturated rings. The number of hydrogen-bond donors (Lipinski definition) is 0. The summed E-state index contributed by atoms with van der Waals surface area (Å²) in [6.45, 7) is 1.80. The molecule has 0 amide bonds. The lowest BCUT2D eigenvalue weighted by Crippen LogP contribution is -2.22. The highest BCUT2D eigenvalue weighted by atomic mass is 35.5. The minimum absolute atomic E-state index is 0.219. The molecule has 164 valence electrons. The highest BCUT2D eigenvalue weighted by Gasteiger charge is 2.21. The number of para-hydroxylation sites is 3. The van der Waals surface area contributed by atoms with Gasteiger partial charge in [-0.1, -0.05) is 54.1 Å². The number of rotatable bonds is 3. The van der Waals surface area contributed by atoms with E-state index in [-0.39, 0.29) is 5.56 Å². The lowest BCUT2D eigenvalue weighted by atomic mass is 10.2. The minimum Gasteiger partial charge on any atom is -0.268 e. The molecule has 0 atom stereocenters. The Morgan fingerprint density at radius 1 is 0.824 bits per heavy atom. The Morgan fingerprint density at radius 2 is 1.50 bits per heavy atom. The zero-order valence-electron chi connectivity index (χ0n) is 18.1. The zero-order chi connectivity index (χ0) is 23.2. The van der Waals surface area contributed by atoms with E-state index in [2.05, 4.69) is 5.10 Å². The van der Waals surface area contributed by atoms with E-state index in [1.54, 1.807) is 34.5 Å². The molecule has 3 aromatic heterocycles. The van der Waals surface area contributed by atoms with Gasteiger partial charge in [0.1, 0.15) is 16.7 Å². The molecule has 0 saturated carbocycles. The molecule has 0 aliphatic carbocycles. The molecule has 34 heavy (non-hydrogen) atoms. The largest absolute Gasteiger partial charge is 0.269 e. The van der Waals surface area contributed by atoms with Crippen LogP contribution in [0.1, 0.15) is 11.4 Å². The molecule has 6 rings (SSSR count). The van der Waals surface area contributed by atoms with Crippen molar-refractivity contribution in [1.82, 2.24) is 24.2 Å². The number of hydrogen-bond acceptors (Lipinski definition) is 5. The third kappa shape index (κ3) is 3.25. The highest BCUT2D eigenvalue weighted by molar-refractivity contribution is 6.30. The average Bonchev–Trinajstić information content (AvgIpc) is 3.15. The normalized spacial score (nSPS) is 11.8. The average molecular weight is 465 g/mol. The Morgan fingerprint density at radius 3 is 2.24 bits per heavy atom. The quantitative estimate of drug-likeness (QED) is 0.340. The fraction of sp³-hybridized carbons (Fsp3) is 0.0385. The first-order chi connectivity index (χ1) is 16.6. The smallest absolute Gasteiger partial charge is 0.268 e. The van der Waals surface area contributed by atoms with Gasteiger partial charge in [0.2, 0.25) is 0 Å². The zero-order valence-corrected chi connectivity index (χ0v) is 18.8. The topological polar surface area (TPSA) is 78.0 Å². The van der Waals surface area contributed by atoms with Crippen LogP contribution in [0.5, 0.6) is 0 Å². The van der Waals surface area contributed by atoms with Crippen LogP contribution in [0.25, 0.3) is 38.9 Å². The second-order valence-corrected chi connectivity index (χ2v) is 8.26. The maximum absolute atomic E-state index is 13.8. The summed E-state index contributed by atoms with van der Waals surface area (Å²) < 4.78 is 3.17. The van der Waals surface area contributed by atoms with Crippen molar-refractivity contribution >= 4 is 51.0 Å². The number of benzene rings is 3. The summed E-state index contributed by atoms with van der Waals surface area (Å²) in [4.78, 5) is 28.2. The van der Waals surface area contributed by atoms with E-state index >= 15 is 0 Å². The first-order valence-electron chi connectivity index (χ1n) is 10.7. The number of aromatic nitrogens is 5. The molecule has 0 saturated heterocycles. The Bertz CT molecular complexity index is 1790. The molecule has 0 spiro atoms. The third-order valence-corrected chi connectivity index (χ3v) is 5.88. The molecule has 8 heteroatoms. The van der Waals surface area contributed by atoms with Crippen LogP contribution in [0.4, 0.5) is 0 Å². The summed E-state index contributed by atoms with van der Waals surface area (Å²) in [5.41, 5.74) is 4.11. The van der Waals surface area contributed by atoms with E-state index in [0.29, 0.717) is 44.1 Å². The molecule has 0 aliphatic heterocycles. The van der Waals surface area contributed by atoms with Gasteiger partial charge in [0.25, 0.3) is 5.56 Å². The van der Waals surface area contributed by atoms with Crippen LogP contribution in [-0.4, -0.2) is 30.4 Å². The lowest BCUT2D eigenvalue weighted by molar-refractivity contribution is 0.865. The van der Waals surface area contributed by atoms with Gasteiger partial charge in [-0.25, -0.2) is 15.0 Å². The second-order valence-electron chi connectivity index (χ2n) is 7.83. The van der Waals surface area contributed by atoms with Crippen molar-refractivity contribution < 1.29 is 0 Å².